The standard InChI is InChI=1S/C29H36N2O4S/c1-4-6-12-23(5-2)21-30-29(32)25-19-17-24(18-20-25)22-31(36(3,33)34)27-15-10-11-16-28(27)35-26-13-8-7-9-14-26/h7-11,13-20,23H,4-6,12,21-22H2,1-3H3,(H,30,32). The van der Waals surface area contributed by atoms with Gasteiger partial charge in [-0.25, -0.2) is 8.42 Å². The number of anilines is 1. The molecular weight excluding hydrogens is 472 g/mol. The number of rotatable bonds is 13. The molecule has 0 saturated carbocycles. The van der Waals surface area contributed by atoms with Crippen LogP contribution in [0.4, 0.5) is 5.69 Å². The molecule has 0 bridgehead atoms. The van der Waals surface area contributed by atoms with Crippen molar-refractivity contribution in [2.24, 2.45) is 5.92 Å². The van der Waals surface area contributed by atoms with Crippen LogP contribution in [0.1, 0.15) is 55.5 Å². The maximum Gasteiger partial charge on any atom is 0.251 e. The third-order valence-corrected chi connectivity index (χ3v) is 7.27. The lowest BCUT2D eigenvalue weighted by Crippen LogP contribution is -2.30. The highest BCUT2D eigenvalue weighted by atomic mass is 32.2. The van der Waals surface area contributed by atoms with E-state index in [-0.39, 0.29) is 12.5 Å². The first-order valence-electron chi connectivity index (χ1n) is 12.5. The van der Waals surface area contributed by atoms with Crippen LogP contribution in [0.15, 0.2) is 78.9 Å². The van der Waals surface area contributed by atoms with E-state index in [1.165, 1.54) is 17.0 Å². The second kappa shape index (κ2) is 13.1. The van der Waals surface area contributed by atoms with Gasteiger partial charge in [0.05, 0.1) is 18.5 Å². The molecule has 0 aromatic heterocycles. The molecule has 1 amide bonds. The molecule has 36 heavy (non-hydrogen) atoms. The van der Waals surface area contributed by atoms with E-state index >= 15 is 0 Å². The monoisotopic (exact) mass is 508 g/mol. The van der Waals surface area contributed by atoms with Crippen molar-refractivity contribution in [3.8, 4) is 11.5 Å². The first kappa shape index (κ1) is 27.3. The Balaban J connectivity index is 1.74. The Morgan fingerprint density at radius 1 is 0.944 bits per heavy atom. The molecule has 3 rings (SSSR count). The molecule has 0 saturated heterocycles. The van der Waals surface area contributed by atoms with Crippen molar-refractivity contribution in [3.05, 3.63) is 90.0 Å². The van der Waals surface area contributed by atoms with Gasteiger partial charge >= 0.3 is 0 Å². The number of para-hydroxylation sites is 3. The number of nitrogens with one attached hydrogen (secondary N) is 1. The zero-order valence-corrected chi connectivity index (χ0v) is 22.1. The second-order valence-corrected chi connectivity index (χ2v) is 10.9. The fourth-order valence-electron chi connectivity index (χ4n) is 3.96. The van der Waals surface area contributed by atoms with Gasteiger partial charge in [0.2, 0.25) is 10.0 Å². The number of benzene rings is 3. The van der Waals surface area contributed by atoms with Crippen molar-refractivity contribution in [3.63, 3.8) is 0 Å². The van der Waals surface area contributed by atoms with Gasteiger partial charge < -0.3 is 10.1 Å². The van der Waals surface area contributed by atoms with Gasteiger partial charge in [-0.05, 0) is 54.3 Å². The van der Waals surface area contributed by atoms with Gasteiger partial charge in [0.25, 0.3) is 5.91 Å². The van der Waals surface area contributed by atoms with Crippen LogP contribution in [0.25, 0.3) is 0 Å². The molecule has 0 radical (unpaired) electrons. The SMILES string of the molecule is CCCCC(CC)CNC(=O)c1ccc(CN(c2ccccc2Oc2ccccc2)S(C)(=O)=O)cc1. The summed E-state index contributed by atoms with van der Waals surface area (Å²) in [5, 5.41) is 3.04. The lowest BCUT2D eigenvalue weighted by atomic mass is 9.99. The van der Waals surface area contributed by atoms with Crippen LogP contribution < -0.4 is 14.4 Å². The van der Waals surface area contributed by atoms with E-state index in [1.54, 1.807) is 48.5 Å². The van der Waals surface area contributed by atoms with Crippen LogP contribution in [0.3, 0.4) is 0 Å². The minimum absolute atomic E-state index is 0.113. The Hall–Kier alpha value is -3.32. The molecule has 7 heteroatoms. The number of sulfonamides is 1. The highest BCUT2D eigenvalue weighted by molar-refractivity contribution is 7.92. The third-order valence-electron chi connectivity index (χ3n) is 6.14. The summed E-state index contributed by atoms with van der Waals surface area (Å²) < 4.78 is 32.9. The normalized spacial score (nSPS) is 12.1. The van der Waals surface area contributed by atoms with Crippen LogP contribution >= 0.6 is 0 Å². The van der Waals surface area contributed by atoms with E-state index in [1.807, 2.05) is 30.3 Å². The second-order valence-electron chi connectivity index (χ2n) is 8.98. The number of amides is 1. The average molecular weight is 509 g/mol. The van der Waals surface area contributed by atoms with Gasteiger partial charge in [-0.15, -0.1) is 0 Å². The Morgan fingerprint density at radius 3 is 2.25 bits per heavy atom. The Morgan fingerprint density at radius 2 is 1.61 bits per heavy atom. The molecule has 0 heterocycles. The van der Waals surface area contributed by atoms with Crippen LogP contribution in [-0.2, 0) is 16.6 Å². The van der Waals surface area contributed by atoms with Crippen molar-refractivity contribution in [1.29, 1.82) is 0 Å². The molecule has 1 atom stereocenters. The van der Waals surface area contributed by atoms with E-state index in [0.29, 0.717) is 35.2 Å². The van der Waals surface area contributed by atoms with E-state index in [2.05, 4.69) is 19.2 Å². The molecule has 0 fully saturated rings. The summed E-state index contributed by atoms with van der Waals surface area (Å²) in [6.07, 6.45) is 5.65. The zero-order valence-electron chi connectivity index (χ0n) is 21.3. The van der Waals surface area contributed by atoms with Crippen molar-refractivity contribution in [2.75, 3.05) is 17.1 Å². The third kappa shape index (κ3) is 7.85. The smallest absolute Gasteiger partial charge is 0.251 e. The van der Waals surface area contributed by atoms with Crippen molar-refractivity contribution < 1.29 is 17.9 Å². The molecule has 3 aromatic carbocycles. The van der Waals surface area contributed by atoms with E-state index in [4.69, 9.17) is 4.74 Å². The number of hydrogen-bond acceptors (Lipinski definition) is 4. The van der Waals surface area contributed by atoms with Gasteiger partial charge in [0.15, 0.2) is 5.75 Å². The lowest BCUT2D eigenvalue weighted by Gasteiger charge is -2.25. The summed E-state index contributed by atoms with van der Waals surface area (Å²) in [4.78, 5) is 12.6. The number of carbonyl (C=O) groups excluding carboxylic acids is 1. The summed E-state index contributed by atoms with van der Waals surface area (Å²) in [5.41, 5.74) is 1.77. The number of ether oxygens (including phenoxy) is 1. The molecule has 0 spiro atoms. The molecule has 3 aromatic rings. The number of unbranched alkanes of at least 4 members (excludes halogenated alkanes) is 1. The zero-order chi connectivity index (χ0) is 26.0. The highest BCUT2D eigenvalue weighted by Gasteiger charge is 2.22. The van der Waals surface area contributed by atoms with Crippen LogP contribution in [-0.4, -0.2) is 27.1 Å². The Labute approximate surface area is 215 Å². The average Bonchev–Trinajstić information content (AvgIpc) is 2.88. The fourth-order valence-corrected chi connectivity index (χ4v) is 4.85. The number of carbonyl (C=O) groups is 1. The van der Waals surface area contributed by atoms with E-state index in [0.717, 1.165) is 24.8 Å². The largest absolute Gasteiger partial charge is 0.455 e. The first-order chi connectivity index (χ1) is 17.3. The molecule has 0 aliphatic rings. The summed E-state index contributed by atoms with van der Waals surface area (Å²) in [7, 11) is -3.61. The van der Waals surface area contributed by atoms with Gasteiger partial charge in [0.1, 0.15) is 5.75 Å². The summed E-state index contributed by atoms with van der Waals surface area (Å²) in [5.74, 6) is 1.43. The van der Waals surface area contributed by atoms with Crippen LogP contribution in [0.2, 0.25) is 0 Å². The Kier molecular flexibility index (Phi) is 9.94. The quantitative estimate of drug-likeness (QED) is 0.290. The predicted octanol–water partition coefficient (Wildman–Crippen LogP) is 6.39. The first-order valence-corrected chi connectivity index (χ1v) is 14.3. The topological polar surface area (TPSA) is 75.7 Å². The summed E-state index contributed by atoms with van der Waals surface area (Å²) >= 11 is 0. The van der Waals surface area contributed by atoms with E-state index < -0.39 is 10.0 Å². The minimum Gasteiger partial charge on any atom is -0.455 e. The summed E-state index contributed by atoms with van der Waals surface area (Å²) in [6.45, 7) is 5.10. The van der Waals surface area contributed by atoms with Crippen molar-refractivity contribution >= 4 is 21.6 Å². The molecule has 6 nitrogen and oxygen atoms in total. The molecule has 0 aliphatic carbocycles. The lowest BCUT2D eigenvalue weighted by molar-refractivity contribution is 0.0946. The van der Waals surface area contributed by atoms with Gasteiger partial charge in [-0.3, -0.25) is 9.10 Å². The summed E-state index contributed by atoms with van der Waals surface area (Å²) in [6, 6.07) is 23.4. The van der Waals surface area contributed by atoms with Gasteiger partial charge in [-0.2, -0.15) is 0 Å². The fraction of sp³-hybridized carbons (Fsp3) is 0.345. The number of nitrogens with zero attached hydrogens (tertiary/aromatic N) is 1. The van der Waals surface area contributed by atoms with E-state index in [9.17, 15) is 13.2 Å². The van der Waals surface area contributed by atoms with Gasteiger partial charge in [-0.1, -0.05) is 75.6 Å². The number of hydrogen-bond donors (Lipinski definition) is 1. The van der Waals surface area contributed by atoms with Gasteiger partial charge in [0, 0.05) is 12.1 Å². The highest BCUT2D eigenvalue weighted by Crippen LogP contribution is 2.34. The minimum atomic E-state index is -3.61. The maximum absolute atomic E-state index is 12.8. The predicted molar refractivity (Wildman–Crippen MR) is 146 cm³/mol. The molecule has 0 aliphatic heterocycles. The molecule has 192 valence electrons. The maximum atomic E-state index is 12.8. The molecule has 1 N–H and O–H groups in total. The molecular formula is C29H36N2O4S. The van der Waals surface area contributed by atoms with Crippen LogP contribution in [0, 0.1) is 5.92 Å². The van der Waals surface area contributed by atoms with Crippen LogP contribution in [0.5, 0.6) is 11.5 Å². The van der Waals surface area contributed by atoms with Crippen molar-refractivity contribution in [1.82, 2.24) is 5.32 Å². The Bertz CT molecular complexity index is 1210. The van der Waals surface area contributed by atoms with Crippen molar-refractivity contribution in [2.45, 2.75) is 46.1 Å². The molecule has 1 unspecified atom stereocenters.